The topological polar surface area (TPSA) is 49.3 Å². The first-order valence-electron chi connectivity index (χ1n) is 12.8. The van der Waals surface area contributed by atoms with Gasteiger partial charge in [0, 0.05) is 24.3 Å². The molecule has 3 nitrogen and oxygen atoms in total. The third-order valence-electron chi connectivity index (χ3n) is 9.54. The average molecular weight is 446 g/mol. The summed E-state index contributed by atoms with van der Waals surface area (Å²) in [4.78, 5) is 12.6. The first kappa shape index (κ1) is 22.2. The first-order valence-corrected chi connectivity index (χ1v) is 12.8. The number of amides is 1. The molecule has 0 spiro atoms. The molecule has 0 saturated heterocycles. The normalized spacial score (nSPS) is 36.1. The van der Waals surface area contributed by atoms with E-state index in [1.54, 1.807) is 6.07 Å². The van der Waals surface area contributed by atoms with E-state index in [9.17, 15) is 9.90 Å². The van der Waals surface area contributed by atoms with Crippen LogP contribution >= 0.6 is 0 Å². The fourth-order valence-electron chi connectivity index (χ4n) is 7.95. The largest absolute Gasteiger partial charge is 0.508 e. The zero-order valence-electron chi connectivity index (χ0n) is 19.2. The maximum atomic E-state index is 15.4. The zero-order valence-corrected chi connectivity index (χ0v) is 19.2. The molecular formula is C27H37F2NO2. The van der Waals surface area contributed by atoms with Crippen LogP contribution in [0.5, 0.6) is 5.75 Å². The minimum Gasteiger partial charge on any atom is -0.508 e. The van der Waals surface area contributed by atoms with E-state index in [-0.39, 0.29) is 41.9 Å². The van der Waals surface area contributed by atoms with Crippen LogP contribution in [0.2, 0.25) is 0 Å². The fourth-order valence-corrected chi connectivity index (χ4v) is 7.95. The molecule has 32 heavy (non-hydrogen) atoms. The molecule has 3 unspecified atom stereocenters. The van der Waals surface area contributed by atoms with Crippen LogP contribution in [-0.2, 0) is 11.2 Å². The highest BCUT2D eigenvalue weighted by atomic mass is 19.3. The maximum absolute atomic E-state index is 15.4. The van der Waals surface area contributed by atoms with Crippen LogP contribution in [-0.4, -0.2) is 23.0 Å². The molecule has 3 saturated carbocycles. The predicted octanol–water partition coefficient (Wildman–Crippen LogP) is 6.34. The second kappa shape index (κ2) is 8.29. The SMILES string of the molecule is C[C@]12CCC3c4ccc(O)cc4CCC3C1[C@H](CCC(=O)NC1CCCCC1)CC2(F)F. The Labute approximate surface area is 190 Å². The van der Waals surface area contributed by atoms with E-state index in [4.69, 9.17) is 0 Å². The minimum atomic E-state index is -2.66. The summed E-state index contributed by atoms with van der Waals surface area (Å²) in [6, 6.07) is 5.89. The molecule has 0 aromatic heterocycles. The number of phenolic OH excluding ortho intramolecular Hbond substituents is 1. The van der Waals surface area contributed by atoms with Gasteiger partial charge in [-0.3, -0.25) is 4.79 Å². The summed E-state index contributed by atoms with van der Waals surface area (Å²) in [5.41, 5.74) is 1.47. The minimum absolute atomic E-state index is 0.0410. The van der Waals surface area contributed by atoms with Crippen LogP contribution in [0.25, 0.3) is 0 Å². The molecule has 176 valence electrons. The average Bonchev–Trinajstić information content (AvgIpc) is 2.97. The summed E-state index contributed by atoms with van der Waals surface area (Å²) in [5.74, 6) is -1.93. The quantitative estimate of drug-likeness (QED) is 0.568. The molecule has 0 aliphatic heterocycles. The van der Waals surface area contributed by atoms with E-state index in [1.807, 2.05) is 19.1 Å². The number of aromatic hydroxyl groups is 1. The smallest absolute Gasteiger partial charge is 0.253 e. The zero-order chi connectivity index (χ0) is 22.5. The third-order valence-corrected chi connectivity index (χ3v) is 9.54. The van der Waals surface area contributed by atoms with Gasteiger partial charge in [-0.15, -0.1) is 0 Å². The van der Waals surface area contributed by atoms with Crippen LogP contribution in [0.4, 0.5) is 8.78 Å². The standard InChI is InChI=1S/C27H37F2NO2/c1-26-14-13-22-21-11-9-20(31)15-17(21)7-10-23(22)25(26)18(16-27(26,28)29)8-12-24(32)30-19-5-3-2-4-6-19/h9,11,15,18-19,22-23,25,31H,2-8,10,12-14,16H2,1H3,(H,30,32)/t18-,22?,23?,25?,26+/m1/s1. The number of aryl methyl sites for hydroxylation is 1. The molecule has 4 aliphatic carbocycles. The predicted molar refractivity (Wildman–Crippen MR) is 121 cm³/mol. The summed E-state index contributed by atoms with van der Waals surface area (Å²) in [6.45, 7) is 1.82. The van der Waals surface area contributed by atoms with E-state index in [0.29, 0.717) is 25.2 Å². The van der Waals surface area contributed by atoms with Gasteiger partial charge >= 0.3 is 0 Å². The number of nitrogens with one attached hydrogen (secondary N) is 1. The van der Waals surface area contributed by atoms with E-state index in [2.05, 4.69) is 5.32 Å². The van der Waals surface area contributed by atoms with Crippen molar-refractivity contribution in [3.05, 3.63) is 29.3 Å². The van der Waals surface area contributed by atoms with Gasteiger partial charge in [0.05, 0.1) is 0 Å². The van der Waals surface area contributed by atoms with Crippen molar-refractivity contribution in [2.45, 2.75) is 102 Å². The third kappa shape index (κ3) is 3.74. The molecule has 3 fully saturated rings. The van der Waals surface area contributed by atoms with Crippen molar-refractivity contribution < 1.29 is 18.7 Å². The number of carbonyl (C=O) groups excluding carboxylic acids is 1. The second-order valence-electron chi connectivity index (χ2n) is 11.3. The first-order chi connectivity index (χ1) is 15.3. The Morgan fingerprint density at radius 3 is 2.72 bits per heavy atom. The van der Waals surface area contributed by atoms with E-state index >= 15 is 8.78 Å². The van der Waals surface area contributed by atoms with Gasteiger partial charge in [-0.05, 0) is 91.9 Å². The summed E-state index contributed by atoms with van der Waals surface area (Å²) >= 11 is 0. The van der Waals surface area contributed by atoms with Crippen molar-refractivity contribution in [1.29, 1.82) is 0 Å². The number of rotatable bonds is 4. The number of benzene rings is 1. The molecule has 1 aromatic carbocycles. The number of fused-ring (bicyclic) bond motifs is 5. The molecule has 0 heterocycles. The summed E-state index contributed by atoms with van der Waals surface area (Å²) in [7, 11) is 0. The Kier molecular flexibility index (Phi) is 5.74. The van der Waals surface area contributed by atoms with Crippen LogP contribution in [0.1, 0.15) is 94.6 Å². The lowest BCUT2D eigenvalue weighted by molar-refractivity contribution is -0.133. The number of hydrogen-bond acceptors (Lipinski definition) is 2. The lowest BCUT2D eigenvalue weighted by Crippen LogP contribution is -2.47. The van der Waals surface area contributed by atoms with Gasteiger partial charge in [0.15, 0.2) is 0 Å². The molecule has 1 aromatic rings. The summed E-state index contributed by atoms with van der Waals surface area (Å²) < 4.78 is 30.8. The molecule has 5 heteroatoms. The highest BCUT2D eigenvalue weighted by Crippen LogP contribution is 2.68. The van der Waals surface area contributed by atoms with Gasteiger partial charge in [-0.1, -0.05) is 32.3 Å². The Morgan fingerprint density at radius 1 is 1.16 bits per heavy atom. The van der Waals surface area contributed by atoms with E-state index in [1.165, 1.54) is 30.4 Å². The summed E-state index contributed by atoms with van der Waals surface area (Å²) in [5, 5.41) is 13.1. The number of carbonyl (C=O) groups is 1. The van der Waals surface area contributed by atoms with Gasteiger partial charge in [-0.2, -0.15) is 0 Å². The van der Waals surface area contributed by atoms with Crippen molar-refractivity contribution in [2.75, 3.05) is 0 Å². The Bertz CT molecular complexity index is 865. The highest BCUT2D eigenvalue weighted by molar-refractivity contribution is 5.76. The van der Waals surface area contributed by atoms with Gasteiger partial charge in [-0.25, -0.2) is 8.78 Å². The monoisotopic (exact) mass is 445 g/mol. The van der Waals surface area contributed by atoms with Gasteiger partial charge in [0.25, 0.3) is 5.92 Å². The number of halogens is 2. The lowest BCUT2D eigenvalue weighted by Gasteiger charge is -2.51. The highest BCUT2D eigenvalue weighted by Gasteiger charge is 2.67. The van der Waals surface area contributed by atoms with E-state index < -0.39 is 11.3 Å². The van der Waals surface area contributed by atoms with Crippen molar-refractivity contribution >= 4 is 5.91 Å². The number of phenols is 1. The molecule has 2 N–H and O–H groups in total. The van der Waals surface area contributed by atoms with Gasteiger partial charge < -0.3 is 10.4 Å². The Balaban J connectivity index is 1.33. The molecule has 5 atom stereocenters. The van der Waals surface area contributed by atoms with Gasteiger partial charge in [0.1, 0.15) is 5.75 Å². The van der Waals surface area contributed by atoms with Gasteiger partial charge in [0.2, 0.25) is 5.91 Å². The lowest BCUT2D eigenvalue weighted by atomic mass is 9.53. The second-order valence-corrected chi connectivity index (χ2v) is 11.3. The van der Waals surface area contributed by atoms with Crippen molar-refractivity contribution in [3.63, 3.8) is 0 Å². The van der Waals surface area contributed by atoms with Crippen molar-refractivity contribution in [1.82, 2.24) is 5.32 Å². The van der Waals surface area contributed by atoms with Crippen LogP contribution in [0.3, 0.4) is 0 Å². The molecule has 0 radical (unpaired) electrons. The Morgan fingerprint density at radius 2 is 1.94 bits per heavy atom. The maximum Gasteiger partial charge on any atom is 0.253 e. The van der Waals surface area contributed by atoms with Crippen molar-refractivity contribution in [3.8, 4) is 5.75 Å². The molecule has 5 rings (SSSR count). The number of hydrogen-bond donors (Lipinski definition) is 2. The molecule has 0 bridgehead atoms. The van der Waals surface area contributed by atoms with E-state index in [0.717, 1.165) is 32.1 Å². The van der Waals surface area contributed by atoms with Crippen molar-refractivity contribution in [2.24, 2.45) is 23.2 Å². The Hall–Kier alpha value is -1.65. The molecule has 4 aliphatic rings. The molecular weight excluding hydrogens is 408 g/mol. The van der Waals surface area contributed by atoms with Crippen LogP contribution in [0, 0.1) is 23.2 Å². The van der Waals surface area contributed by atoms with Crippen LogP contribution < -0.4 is 5.32 Å². The molecule has 1 amide bonds. The fraction of sp³-hybridized carbons (Fsp3) is 0.741. The number of alkyl halides is 2. The summed E-state index contributed by atoms with van der Waals surface area (Å²) in [6.07, 6.45) is 9.62. The van der Waals surface area contributed by atoms with Crippen LogP contribution in [0.15, 0.2) is 18.2 Å².